The van der Waals surface area contributed by atoms with Crippen molar-refractivity contribution in [2.24, 2.45) is 0 Å². The lowest BCUT2D eigenvalue weighted by Gasteiger charge is -2.14. The second-order valence-corrected chi connectivity index (χ2v) is 6.25. The van der Waals surface area contributed by atoms with E-state index in [-0.39, 0.29) is 12.1 Å². The predicted octanol–water partition coefficient (Wildman–Crippen LogP) is 2.74. The molecule has 1 N–H and O–H groups in total. The van der Waals surface area contributed by atoms with Gasteiger partial charge in [-0.3, -0.25) is 18.7 Å². The molecule has 0 aliphatic rings. The Morgan fingerprint density at radius 1 is 1.07 bits per heavy atom. The van der Waals surface area contributed by atoms with Gasteiger partial charge in [0.25, 0.3) is 5.56 Å². The van der Waals surface area contributed by atoms with Gasteiger partial charge in [-0.1, -0.05) is 31.5 Å². The van der Waals surface area contributed by atoms with Gasteiger partial charge in [0.1, 0.15) is 12.4 Å². The fourth-order valence-corrected chi connectivity index (χ4v) is 2.95. The molecule has 0 saturated heterocycles. The van der Waals surface area contributed by atoms with Gasteiger partial charge >= 0.3 is 5.69 Å². The first kappa shape index (κ1) is 18.6. The topological polar surface area (TPSA) is 73.1 Å². The van der Waals surface area contributed by atoms with Gasteiger partial charge in [0.05, 0.1) is 10.9 Å². The lowest BCUT2D eigenvalue weighted by atomic mass is 10.2. The molecule has 1 aromatic heterocycles. The van der Waals surface area contributed by atoms with Crippen molar-refractivity contribution in [3.8, 4) is 0 Å². The zero-order valence-electron chi connectivity index (χ0n) is 14.9. The number of benzene rings is 2. The number of aromatic nitrogens is 2. The van der Waals surface area contributed by atoms with Gasteiger partial charge < -0.3 is 5.32 Å². The first-order chi connectivity index (χ1) is 13.0. The Labute approximate surface area is 154 Å². The highest BCUT2D eigenvalue weighted by molar-refractivity contribution is 5.91. The van der Waals surface area contributed by atoms with Gasteiger partial charge in [0, 0.05) is 12.2 Å². The fraction of sp³-hybridized carbons (Fsp3) is 0.250. The number of unbranched alkanes of at least 4 members (excludes halogenated alkanes) is 1. The van der Waals surface area contributed by atoms with Crippen LogP contribution in [0.4, 0.5) is 10.1 Å². The highest BCUT2D eigenvalue weighted by Crippen LogP contribution is 2.11. The summed E-state index contributed by atoms with van der Waals surface area (Å²) in [4.78, 5) is 37.9. The van der Waals surface area contributed by atoms with Crippen LogP contribution in [0.5, 0.6) is 0 Å². The van der Waals surface area contributed by atoms with Gasteiger partial charge in [0.15, 0.2) is 0 Å². The summed E-state index contributed by atoms with van der Waals surface area (Å²) in [7, 11) is 0. The van der Waals surface area contributed by atoms with Crippen molar-refractivity contribution in [2.45, 2.75) is 32.9 Å². The summed E-state index contributed by atoms with van der Waals surface area (Å²) in [6.45, 7) is 1.99. The van der Waals surface area contributed by atoms with Crippen molar-refractivity contribution in [1.29, 1.82) is 0 Å². The minimum Gasteiger partial charge on any atom is -0.324 e. The Kier molecular flexibility index (Phi) is 5.49. The molecule has 0 radical (unpaired) electrons. The second-order valence-electron chi connectivity index (χ2n) is 6.25. The van der Waals surface area contributed by atoms with Gasteiger partial charge in [0.2, 0.25) is 5.91 Å². The number of hydrogen-bond donors (Lipinski definition) is 1. The van der Waals surface area contributed by atoms with Crippen molar-refractivity contribution >= 4 is 22.5 Å². The van der Waals surface area contributed by atoms with Crippen LogP contribution >= 0.6 is 0 Å². The smallest absolute Gasteiger partial charge is 0.324 e. The maximum atomic E-state index is 13.3. The predicted molar refractivity (Wildman–Crippen MR) is 102 cm³/mol. The highest BCUT2D eigenvalue weighted by Gasteiger charge is 2.15. The summed E-state index contributed by atoms with van der Waals surface area (Å²) in [5.41, 5.74) is -0.182. The molecule has 0 unspecified atom stereocenters. The standard InChI is InChI=1S/C20H20FN3O3/c1-2-3-11-23-19(26)16-9-4-5-10-17(16)24(20(23)27)13-18(25)22-15-8-6-7-14(21)12-15/h4-10,12H,2-3,11,13H2,1H3,(H,22,25). The Bertz CT molecular complexity index is 1100. The summed E-state index contributed by atoms with van der Waals surface area (Å²) < 4.78 is 15.7. The number of anilines is 1. The van der Waals surface area contributed by atoms with E-state index in [0.717, 1.165) is 6.42 Å². The zero-order valence-corrected chi connectivity index (χ0v) is 14.9. The third-order valence-corrected chi connectivity index (χ3v) is 4.28. The molecule has 3 rings (SSSR count). The lowest BCUT2D eigenvalue weighted by molar-refractivity contribution is -0.116. The molecule has 27 heavy (non-hydrogen) atoms. The van der Waals surface area contributed by atoms with Crippen LogP contribution in [-0.2, 0) is 17.9 Å². The molecule has 140 valence electrons. The monoisotopic (exact) mass is 369 g/mol. The third kappa shape index (κ3) is 3.97. The number of hydrogen-bond acceptors (Lipinski definition) is 3. The van der Waals surface area contributed by atoms with Crippen LogP contribution < -0.4 is 16.6 Å². The Morgan fingerprint density at radius 3 is 2.59 bits per heavy atom. The number of halogens is 1. The SMILES string of the molecule is CCCCn1c(=O)c2ccccc2n(CC(=O)Nc2cccc(F)c2)c1=O. The summed E-state index contributed by atoms with van der Waals surface area (Å²) in [5, 5.41) is 2.96. The fourth-order valence-electron chi connectivity index (χ4n) is 2.95. The number of nitrogens with zero attached hydrogens (tertiary/aromatic N) is 2. The molecule has 0 spiro atoms. The van der Waals surface area contributed by atoms with Crippen molar-refractivity contribution < 1.29 is 9.18 Å². The molecule has 0 bridgehead atoms. The normalized spacial score (nSPS) is 10.9. The highest BCUT2D eigenvalue weighted by atomic mass is 19.1. The van der Waals surface area contributed by atoms with Crippen LogP contribution in [0.15, 0.2) is 58.1 Å². The Hall–Kier alpha value is -3.22. The van der Waals surface area contributed by atoms with Crippen molar-refractivity contribution in [3.63, 3.8) is 0 Å². The summed E-state index contributed by atoms with van der Waals surface area (Å²) in [6.07, 6.45) is 1.52. The quantitative estimate of drug-likeness (QED) is 0.726. The molecule has 0 fully saturated rings. The van der Waals surface area contributed by atoms with E-state index in [1.165, 1.54) is 27.3 Å². The number of carbonyl (C=O) groups excluding carboxylic acids is 1. The van der Waals surface area contributed by atoms with Crippen LogP contribution in [0, 0.1) is 5.82 Å². The molecule has 0 atom stereocenters. The second kappa shape index (κ2) is 7.99. The molecule has 1 amide bonds. The molecular formula is C20H20FN3O3. The maximum absolute atomic E-state index is 13.3. The number of nitrogens with one attached hydrogen (secondary N) is 1. The van der Waals surface area contributed by atoms with Gasteiger partial charge in [-0.2, -0.15) is 0 Å². The van der Waals surface area contributed by atoms with E-state index in [9.17, 15) is 18.8 Å². The third-order valence-electron chi connectivity index (χ3n) is 4.28. The van der Waals surface area contributed by atoms with E-state index in [0.29, 0.717) is 29.6 Å². The van der Waals surface area contributed by atoms with Crippen LogP contribution in [0.1, 0.15) is 19.8 Å². The maximum Gasteiger partial charge on any atom is 0.331 e. The summed E-state index contributed by atoms with van der Waals surface area (Å²) in [6, 6.07) is 12.2. The average Bonchev–Trinajstić information content (AvgIpc) is 2.65. The van der Waals surface area contributed by atoms with E-state index >= 15 is 0 Å². The van der Waals surface area contributed by atoms with Crippen LogP contribution in [-0.4, -0.2) is 15.0 Å². The molecule has 1 heterocycles. The zero-order chi connectivity index (χ0) is 19.4. The van der Waals surface area contributed by atoms with Gasteiger partial charge in [-0.05, 0) is 36.8 Å². The summed E-state index contributed by atoms with van der Waals surface area (Å²) >= 11 is 0. The molecule has 0 aliphatic heterocycles. The number of rotatable bonds is 6. The minimum absolute atomic E-state index is 0.276. The van der Waals surface area contributed by atoms with E-state index in [1.807, 2.05) is 6.92 Å². The van der Waals surface area contributed by atoms with Crippen LogP contribution in [0.3, 0.4) is 0 Å². The first-order valence-electron chi connectivity index (χ1n) is 8.79. The number of fused-ring (bicyclic) bond motifs is 1. The van der Waals surface area contributed by atoms with E-state index in [1.54, 1.807) is 30.3 Å². The number of amides is 1. The molecule has 0 saturated carbocycles. The minimum atomic E-state index is -0.526. The molecule has 6 nitrogen and oxygen atoms in total. The van der Waals surface area contributed by atoms with Gasteiger partial charge in [-0.25, -0.2) is 9.18 Å². The largest absolute Gasteiger partial charge is 0.331 e. The molecule has 0 aliphatic carbocycles. The Balaban J connectivity index is 2.01. The molecule has 3 aromatic rings. The average molecular weight is 369 g/mol. The number of carbonyl (C=O) groups is 1. The Morgan fingerprint density at radius 2 is 1.85 bits per heavy atom. The van der Waals surface area contributed by atoms with Crippen LogP contribution in [0.25, 0.3) is 10.9 Å². The lowest BCUT2D eigenvalue weighted by Crippen LogP contribution is -2.41. The van der Waals surface area contributed by atoms with E-state index in [4.69, 9.17) is 0 Å². The van der Waals surface area contributed by atoms with E-state index < -0.39 is 17.4 Å². The summed E-state index contributed by atoms with van der Waals surface area (Å²) in [5.74, 6) is -0.947. The molecule has 7 heteroatoms. The van der Waals surface area contributed by atoms with Crippen LogP contribution in [0.2, 0.25) is 0 Å². The van der Waals surface area contributed by atoms with Crippen molar-refractivity contribution in [1.82, 2.24) is 9.13 Å². The van der Waals surface area contributed by atoms with E-state index in [2.05, 4.69) is 5.32 Å². The van der Waals surface area contributed by atoms with Gasteiger partial charge in [-0.15, -0.1) is 0 Å². The number of para-hydroxylation sites is 1. The first-order valence-corrected chi connectivity index (χ1v) is 8.79. The van der Waals surface area contributed by atoms with Crippen molar-refractivity contribution in [3.05, 3.63) is 75.2 Å². The molecule has 2 aromatic carbocycles. The molecular weight excluding hydrogens is 349 g/mol. The van der Waals surface area contributed by atoms with Crippen molar-refractivity contribution in [2.75, 3.05) is 5.32 Å².